The lowest BCUT2D eigenvalue weighted by atomic mass is 10.1. The Bertz CT molecular complexity index is 174. The van der Waals surface area contributed by atoms with Gasteiger partial charge in [-0.05, 0) is 0 Å². The van der Waals surface area contributed by atoms with Crippen molar-refractivity contribution in [1.29, 1.82) is 0 Å². The average Bonchev–Trinajstić information content (AvgIpc) is 2.31. The monoisotopic (exact) mass is 194 g/mol. The number of aliphatic hydroxyl groups is 4. The highest BCUT2D eigenvalue weighted by Gasteiger charge is 2.53. The third-order valence-electron chi connectivity index (χ3n) is 2.05. The topological polar surface area (TPSA) is 99.4 Å². The van der Waals surface area contributed by atoms with Gasteiger partial charge in [0, 0.05) is 7.11 Å². The van der Waals surface area contributed by atoms with Gasteiger partial charge < -0.3 is 29.9 Å². The zero-order valence-electron chi connectivity index (χ0n) is 7.25. The van der Waals surface area contributed by atoms with Gasteiger partial charge in [0.15, 0.2) is 0 Å². The van der Waals surface area contributed by atoms with Gasteiger partial charge in [0.1, 0.15) is 24.9 Å². The number of hydrogen-bond donors (Lipinski definition) is 4. The number of methoxy groups -OCH3 is 1. The van der Waals surface area contributed by atoms with Gasteiger partial charge in [0.2, 0.25) is 5.79 Å². The van der Waals surface area contributed by atoms with Crippen LogP contribution in [0.1, 0.15) is 0 Å². The summed E-state index contributed by atoms with van der Waals surface area (Å²) < 4.78 is 9.46. The molecule has 1 saturated heterocycles. The summed E-state index contributed by atoms with van der Waals surface area (Å²) >= 11 is 0. The van der Waals surface area contributed by atoms with E-state index in [4.69, 9.17) is 9.84 Å². The van der Waals surface area contributed by atoms with Gasteiger partial charge in [0.25, 0.3) is 0 Å². The van der Waals surface area contributed by atoms with Crippen LogP contribution >= 0.6 is 0 Å². The number of aliphatic hydroxyl groups excluding tert-OH is 3. The summed E-state index contributed by atoms with van der Waals surface area (Å²) in [5.41, 5.74) is 0. The molecule has 0 aliphatic carbocycles. The van der Waals surface area contributed by atoms with Gasteiger partial charge in [-0.3, -0.25) is 0 Å². The summed E-state index contributed by atoms with van der Waals surface area (Å²) in [7, 11) is 1.33. The van der Waals surface area contributed by atoms with Crippen LogP contribution in [0.4, 0.5) is 0 Å². The summed E-state index contributed by atoms with van der Waals surface area (Å²) in [6, 6.07) is 0. The first-order chi connectivity index (χ1) is 6.05. The minimum Gasteiger partial charge on any atom is -0.394 e. The average molecular weight is 194 g/mol. The second-order valence-corrected chi connectivity index (χ2v) is 3.05. The molecule has 1 fully saturated rings. The molecule has 6 heteroatoms. The van der Waals surface area contributed by atoms with Crippen molar-refractivity contribution >= 4 is 0 Å². The minimum absolute atomic E-state index is 0.262. The molecule has 4 atom stereocenters. The normalized spacial score (nSPS) is 45.5. The van der Waals surface area contributed by atoms with Crippen LogP contribution in [-0.4, -0.2) is 64.8 Å². The Hall–Kier alpha value is -0.240. The highest BCUT2D eigenvalue weighted by Crippen LogP contribution is 2.29. The van der Waals surface area contributed by atoms with E-state index in [0.29, 0.717) is 0 Å². The van der Waals surface area contributed by atoms with Crippen LogP contribution in [0.5, 0.6) is 0 Å². The maximum Gasteiger partial charge on any atom is 0.219 e. The zero-order valence-corrected chi connectivity index (χ0v) is 7.25. The van der Waals surface area contributed by atoms with Gasteiger partial charge in [-0.25, -0.2) is 0 Å². The predicted octanol–water partition coefficient (Wildman–Crippen LogP) is -2.57. The van der Waals surface area contributed by atoms with Crippen LogP contribution < -0.4 is 0 Å². The maximum absolute atomic E-state index is 9.56. The molecule has 0 aromatic carbocycles. The molecule has 4 N–H and O–H groups in total. The lowest BCUT2D eigenvalue weighted by Crippen LogP contribution is -2.46. The van der Waals surface area contributed by atoms with Crippen molar-refractivity contribution in [2.24, 2.45) is 0 Å². The Morgan fingerprint density at radius 3 is 2.46 bits per heavy atom. The van der Waals surface area contributed by atoms with Crippen LogP contribution in [0, 0.1) is 0 Å². The fourth-order valence-electron chi connectivity index (χ4n) is 1.34. The molecule has 0 aromatic rings. The van der Waals surface area contributed by atoms with E-state index < -0.39 is 30.7 Å². The first kappa shape index (κ1) is 10.8. The Kier molecular flexibility index (Phi) is 3.23. The molecule has 0 aromatic heterocycles. The van der Waals surface area contributed by atoms with E-state index in [-0.39, 0.29) is 6.61 Å². The van der Waals surface area contributed by atoms with E-state index in [0.717, 1.165) is 0 Å². The molecule has 0 saturated carbocycles. The SMILES string of the molecule is COCC1(O)O[C@H](CO)[C@H](O)[C@H]1O. The third-order valence-corrected chi connectivity index (χ3v) is 2.05. The first-order valence-corrected chi connectivity index (χ1v) is 3.91. The standard InChI is InChI=1S/C7H14O6/c1-12-3-7(11)6(10)5(9)4(2-8)13-7/h4-6,8-11H,2-3H2,1H3/t4-,5+,6-,7?/m1/s1. The zero-order chi connectivity index (χ0) is 10.1. The summed E-state index contributed by atoms with van der Waals surface area (Å²) in [4.78, 5) is 0. The predicted molar refractivity (Wildman–Crippen MR) is 40.8 cm³/mol. The molecular formula is C7H14O6. The highest BCUT2D eigenvalue weighted by atomic mass is 16.7. The van der Waals surface area contributed by atoms with Crippen molar-refractivity contribution in [2.75, 3.05) is 20.3 Å². The first-order valence-electron chi connectivity index (χ1n) is 3.91. The molecule has 1 aliphatic rings. The van der Waals surface area contributed by atoms with E-state index in [1.807, 2.05) is 0 Å². The van der Waals surface area contributed by atoms with Crippen molar-refractivity contribution in [3.05, 3.63) is 0 Å². The number of hydrogen-bond acceptors (Lipinski definition) is 6. The Morgan fingerprint density at radius 1 is 1.46 bits per heavy atom. The largest absolute Gasteiger partial charge is 0.394 e. The van der Waals surface area contributed by atoms with Gasteiger partial charge in [-0.15, -0.1) is 0 Å². The highest BCUT2D eigenvalue weighted by molar-refractivity contribution is 4.95. The van der Waals surface area contributed by atoms with Crippen LogP contribution in [0.25, 0.3) is 0 Å². The Morgan fingerprint density at radius 2 is 2.08 bits per heavy atom. The molecule has 1 heterocycles. The van der Waals surface area contributed by atoms with Crippen LogP contribution in [0.3, 0.4) is 0 Å². The quantitative estimate of drug-likeness (QED) is 0.394. The fourth-order valence-corrected chi connectivity index (χ4v) is 1.34. The Balaban J connectivity index is 2.69. The van der Waals surface area contributed by atoms with E-state index in [1.165, 1.54) is 7.11 Å². The number of rotatable bonds is 3. The molecule has 0 radical (unpaired) electrons. The van der Waals surface area contributed by atoms with Gasteiger partial charge >= 0.3 is 0 Å². The molecular weight excluding hydrogens is 180 g/mol. The van der Waals surface area contributed by atoms with Gasteiger partial charge in [-0.2, -0.15) is 0 Å². The summed E-state index contributed by atoms with van der Waals surface area (Å²) in [6.07, 6.45) is -3.75. The summed E-state index contributed by atoms with van der Waals surface area (Å²) in [5.74, 6) is -1.93. The van der Waals surface area contributed by atoms with E-state index >= 15 is 0 Å². The van der Waals surface area contributed by atoms with Crippen molar-refractivity contribution in [3.63, 3.8) is 0 Å². The van der Waals surface area contributed by atoms with E-state index in [1.54, 1.807) is 0 Å². The van der Waals surface area contributed by atoms with Crippen molar-refractivity contribution in [2.45, 2.75) is 24.1 Å². The summed E-state index contributed by atoms with van der Waals surface area (Å²) in [6.45, 7) is -0.730. The molecule has 0 bridgehead atoms. The molecule has 1 unspecified atom stereocenters. The molecule has 0 amide bonds. The van der Waals surface area contributed by atoms with Crippen molar-refractivity contribution in [3.8, 4) is 0 Å². The second-order valence-electron chi connectivity index (χ2n) is 3.05. The molecule has 1 aliphatic heterocycles. The fraction of sp³-hybridized carbons (Fsp3) is 1.00. The second kappa shape index (κ2) is 3.87. The number of ether oxygens (including phenoxy) is 2. The smallest absolute Gasteiger partial charge is 0.219 e. The molecule has 1 rings (SSSR count). The lowest BCUT2D eigenvalue weighted by molar-refractivity contribution is -0.251. The maximum atomic E-state index is 9.56. The van der Waals surface area contributed by atoms with Crippen molar-refractivity contribution < 1.29 is 29.9 Å². The van der Waals surface area contributed by atoms with E-state index in [9.17, 15) is 15.3 Å². The third kappa shape index (κ3) is 1.83. The molecule has 6 nitrogen and oxygen atoms in total. The Labute approximate surface area is 75.3 Å². The van der Waals surface area contributed by atoms with Crippen molar-refractivity contribution in [1.82, 2.24) is 0 Å². The van der Waals surface area contributed by atoms with Gasteiger partial charge in [0.05, 0.1) is 6.61 Å². The lowest BCUT2D eigenvalue weighted by Gasteiger charge is -2.24. The van der Waals surface area contributed by atoms with Crippen LogP contribution in [0.2, 0.25) is 0 Å². The summed E-state index contributed by atoms with van der Waals surface area (Å²) in [5, 5.41) is 36.9. The minimum atomic E-state index is -1.93. The van der Waals surface area contributed by atoms with Gasteiger partial charge in [-0.1, -0.05) is 0 Å². The van der Waals surface area contributed by atoms with Crippen LogP contribution in [-0.2, 0) is 9.47 Å². The molecule has 78 valence electrons. The van der Waals surface area contributed by atoms with Crippen LogP contribution in [0.15, 0.2) is 0 Å². The van der Waals surface area contributed by atoms with E-state index in [2.05, 4.69) is 4.74 Å². The molecule has 0 spiro atoms. The molecule has 13 heavy (non-hydrogen) atoms.